The van der Waals surface area contributed by atoms with Crippen molar-refractivity contribution in [2.24, 2.45) is 0 Å². The van der Waals surface area contributed by atoms with E-state index < -0.39 is 0 Å². The molecule has 0 heterocycles. The van der Waals surface area contributed by atoms with Crippen molar-refractivity contribution in [1.82, 2.24) is 0 Å². The lowest BCUT2D eigenvalue weighted by atomic mass is 10.4. The SMILES string of the molecule is C.C.C.C.C.C[NH2+]C=CC=CC=CC=O. The van der Waals surface area contributed by atoms with Crippen molar-refractivity contribution in [2.75, 3.05) is 7.05 Å². The van der Waals surface area contributed by atoms with Gasteiger partial charge in [0, 0.05) is 0 Å². The zero-order valence-corrected chi connectivity index (χ0v) is 6.03. The van der Waals surface area contributed by atoms with E-state index in [9.17, 15) is 4.79 Å². The van der Waals surface area contributed by atoms with Gasteiger partial charge in [-0.3, -0.25) is 4.79 Å². The van der Waals surface area contributed by atoms with Gasteiger partial charge in [0.2, 0.25) is 0 Å². The molecule has 0 rings (SSSR count). The van der Waals surface area contributed by atoms with E-state index in [1.165, 1.54) is 6.08 Å². The predicted molar refractivity (Wildman–Crippen MR) is 75.0 cm³/mol. The molecule has 0 aliphatic heterocycles. The highest BCUT2D eigenvalue weighted by Gasteiger charge is 1.63. The van der Waals surface area contributed by atoms with Crippen LogP contribution in [0.4, 0.5) is 0 Å². The largest absolute Gasteiger partial charge is 0.322 e. The number of allylic oxidation sites excluding steroid dienone is 5. The van der Waals surface area contributed by atoms with Gasteiger partial charge in [0.05, 0.1) is 13.2 Å². The van der Waals surface area contributed by atoms with E-state index in [2.05, 4.69) is 0 Å². The molecule has 2 N–H and O–H groups in total. The number of nitrogens with two attached hydrogens (primary N) is 1. The average molecular weight is 218 g/mol. The van der Waals surface area contributed by atoms with Gasteiger partial charge in [-0.2, -0.15) is 0 Å². The van der Waals surface area contributed by atoms with Crippen molar-refractivity contribution in [1.29, 1.82) is 0 Å². The van der Waals surface area contributed by atoms with E-state index in [-0.39, 0.29) is 37.1 Å². The van der Waals surface area contributed by atoms with Crippen LogP contribution in [0.1, 0.15) is 37.1 Å². The van der Waals surface area contributed by atoms with Gasteiger partial charge >= 0.3 is 0 Å². The zero-order chi connectivity index (χ0) is 7.66. The fourth-order valence-corrected chi connectivity index (χ4v) is 0.413. The van der Waals surface area contributed by atoms with Crippen LogP contribution < -0.4 is 5.32 Å². The van der Waals surface area contributed by atoms with Gasteiger partial charge in [0.15, 0.2) is 0 Å². The van der Waals surface area contributed by atoms with Crippen molar-refractivity contribution in [3.8, 4) is 0 Å². The van der Waals surface area contributed by atoms with E-state index in [0.29, 0.717) is 0 Å². The molecule has 0 aromatic carbocycles. The Bertz CT molecular complexity index is 158. The van der Waals surface area contributed by atoms with Gasteiger partial charge in [-0.25, -0.2) is 0 Å². The van der Waals surface area contributed by atoms with Crippen LogP contribution in [0.25, 0.3) is 0 Å². The van der Waals surface area contributed by atoms with Crippen molar-refractivity contribution < 1.29 is 10.1 Å². The topological polar surface area (TPSA) is 33.7 Å². The third kappa shape index (κ3) is 44.2. The van der Waals surface area contributed by atoms with Crippen molar-refractivity contribution in [3.63, 3.8) is 0 Å². The maximum atomic E-state index is 9.75. The average Bonchev–Trinajstić information content (AvgIpc) is 1.97. The highest BCUT2D eigenvalue weighted by molar-refractivity contribution is 5.65. The quantitative estimate of drug-likeness (QED) is 0.439. The molecule has 0 aromatic heterocycles. The van der Waals surface area contributed by atoms with Crippen molar-refractivity contribution in [3.05, 3.63) is 36.6 Å². The first-order valence-electron chi connectivity index (χ1n) is 3.15. The summed E-state index contributed by atoms with van der Waals surface area (Å²) in [5, 5.41) is 1.94. The molecule has 2 nitrogen and oxygen atoms in total. The summed E-state index contributed by atoms with van der Waals surface area (Å²) in [6.07, 6.45) is 11.4. The van der Waals surface area contributed by atoms with Crippen LogP contribution in [0.5, 0.6) is 0 Å². The predicted octanol–water partition coefficient (Wildman–Crippen LogP) is 3.19. The minimum absolute atomic E-state index is 0. The Morgan fingerprint density at radius 1 is 0.733 bits per heavy atom. The lowest BCUT2D eigenvalue weighted by molar-refractivity contribution is -0.556. The van der Waals surface area contributed by atoms with Crippen LogP contribution in [-0.2, 0) is 4.79 Å². The van der Waals surface area contributed by atoms with E-state index in [1.807, 2.05) is 30.7 Å². The van der Waals surface area contributed by atoms with Crippen LogP contribution >= 0.6 is 0 Å². The zero-order valence-electron chi connectivity index (χ0n) is 6.03. The fourth-order valence-electron chi connectivity index (χ4n) is 0.413. The first-order chi connectivity index (χ1) is 4.91. The van der Waals surface area contributed by atoms with Crippen LogP contribution in [0.3, 0.4) is 0 Å². The molecule has 0 fully saturated rings. The Hall–Kier alpha value is -1.15. The van der Waals surface area contributed by atoms with E-state index in [4.69, 9.17) is 0 Å². The fraction of sp³-hybridized carbons (Fsp3) is 0.462. The van der Waals surface area contributed by atoms with Crippen LogP contribution in [0, 0.1) is 0 Å². The number of quaternary nitrogens is 1. The molecule has 0 amide bonds. The monoisotopic (exact) mass is 218 g/mol. The molecule has 0 bridgehead atoms. The molecular formula is C13H32NO+. The minimum Gasteiger partial charge on any atom is -0.322 e. The maximum Gasteiger partial charge on any atom is 0.142 e. The Morgan fingerprint density at radius 3 is 1.53 bits per heavy atom. The van der Waals surface area contributed by atoms with Crippen LogP contribution in [0.2, 0.25) is 0 Å². The van der Waals surface area contributed by atoms with Gasteiger partial charge in [0.25, 0.3) is 0 Å². The Balaban J connectivity index is -0.0000000405. The summed E-state index contributed by atoms with van der Waals surface area (Å²) in [4.78, 5) is 9.75. The summed E-state index contributed by atoms with van der Waals surface area (Å²) < 4.78 is 0. The second-order valence-electron chi connectivity index (χ2n) is 1.62. The van der Waals surface area contributed by atoms with Crippen LogP contribution in [-0.4, -0.2) is 13.3 Å². The molecule has 0 saturated carbocycles. The molecule has 15 heavy (non-hydrogen) atoms. The highest BCUT2D eigenvalue weighted by atomic mass is 16.1. The summed E-state index contributed by atoms with van der Waals surface area (Å²) in [6.45, 7) is 0. The van der Waals surface area contributed by atoms with Gasteiger partial charge < -0.3 is 5.32 Å². The molecule has 0 atom stereocenters. The lowest BCUT2D eigenvalue weighted by Gasteiger charge is -1.73. The lowest BCUT2D eigenvalue weighted by Crippen LogP contribution is -2.72. The smallest absolute Gasteiger partial charge is 0.142 e. The first-order valence-corrected chi connectivity index (χ1v) is 3.15. The van der Waals surface area contributed by atoms with E-state index >= 15 is 0 Å². The molecule has 0 unspecified atom stereocenters. The van der Waals surface area contributed by atoms with Gasteiger partial charge in [0.1, 0.15) is 6.29 Å². The summed E-state index contributed by atoms with van der Waals surface area (Å²) >= 11 is 0. The second-order valence-corrected chi connectivity index (χ2v) is 1.62. The normalized spacial score (nSPS) is 8.07. The Labute approximate surface area is 97.8 Å². The highest BCUT2D eigenvalue weighted by Crippen LogP contribution is 1.74. The number of carbonyl (C=O) groups excluding carboxylic acids is 1. The summed E-state index contributed by atoms with van der Waals surface area (Å²) in [5.41, 5.74) is 0. The van der Waals surface area contributed by atoms with Gasteiger partial charge in [-0.15, -0.1) is 0 Å². The number of aldehydes is 1. The Morgan fingerprint density at radius 2 is 1.13 bits per heavy atom. The molecule has 0 radical (unpaired) electrons. The molecule has 0 aliphatic carbocycles. The summed E-state index contributed by atoms with van der Waals surface area (Å²) in [6, 6.07) is 0. The van der Waals surface area contributed by atoms with Gasteiger partial charge in [-0.05, 0) is 12.2 Å². The third-order valence-corrected chi connectivity index (χ3v) is 0.827. The summed E-state index contributed by atoms with van der Waals surface area (Å²) in [7, 11) is 1.95. The first kappa shape index (κ1) is 37.1. The minimum atomic E-state index is 0. The summed E-state index contributed by atoms with van der Waals surface area (Å²) in [5.74, 6) is 0. The molecule has 94 valence electrons. The second kappa shape index (κ2) is 38.5. The van der Waals surface area contributed by atoms with Crippen LogP contribution in [0.15, 0.2) is 36.6 Å². The molecule has 0 aromatic rings. The molecular weight excluding hydrogens is 186 g/mol. The van der Waals surface area contributed by atoms with Gasteiger partial charge in [-0.1, -0.05) is 55.4 Å². The van der Waals surface area contributed by atoms with E-state index in [0.717, 1.165) is 6.29 Å². The maximum absolute atomic E-state index is 9.75. The Kier molecular flexibility index (Phi) is 95.1. The number of rotatable bonds is 4. The number of hydrogen-bond donors (Lipinski definition) is 1. The molecule has 0 saturated heterocycles. The standard InChI is InChI=1S/C8H11NO.5CH4/c1-9-7-5-3-2-4-6-8-10;;;;;/h2-9H,1H3;5*1H4/p+1. The number of hydrogen-bond acceptors (Lipinski definition) is 1. The van der Waals surface area contributed by atoms with Crippen molar-refractivity contribution in [2.45, 2.75) is 37.1 Å². The molecule has 0 spiro atoms. The van der Waals surface area contributed by atoms with E-state index in [1.54, 1.807) is 12.2 Å². The molecule has 2 heteroatoms. The number of carbonyl (C=O) groups is 1. The third-order valence-electron chi connectivity index (χ3n) is 0.827. The molecule has 0 aliphatic rings. The van der Waals surface area contributed by atoms with Crippen molar-refractivity contribution >= 4 is 6.29 Å².